The van der Waals surface area contributed by atoms with Gasteiger partial charge in [-0.25, -0.2) is 4.39 Å². The van der Waals surface area contributed by atoms with Crippen molar-refractivity contribution in [3.8, 4) is 22.4 Å². The molecule has 0 bridgehead atoms. The van der Waals surface area contributed by atoms with Crippen LogP contribution in [0.15, 0.2) is 42.7 Å². The molecule has 7 heteroatoms. The molecule has 0 radical (unpaired) electrons. The molecule has 2 fully saturated rings. The molecular weight excluding hydrogens is 371 g/mol. The minimum atomic E-state index is -0.291. The maximum absolute atomic E-state index is 13.4. The van der Waals surface area contributed by atoms with Gasteiger partial charge in [0.15, 0.2) is 0 Å². The van der Waals surface area contributed by atoms with E-state index in [1.807, 2.05) is 24.2 Å². The fraction of sp³-hybridized carbons (Fsp3) is 0.318. The number of benzene rings is 1. The molecule has 0 unspecified atom stereocenters. The zero-order valence-electron chi connectivity index (χ0n) is 15.9. The van der Waals surface area contributed by atoms with Gasteiger partial charge in [0.25, 0.3) is 5.91 Å². The molecule has 29 heavy (non-hydrogen) atoms. The minimum Gasteiger partial charge on any atom is -0.381 e. The minimum absolute atomic E-state index is 0.0383. The molecule has 1 aromatic carbocycles. The van der Waals surface area contributed by atoms with Crippen LogP contribution in [0.4, 0.5) is 4.39 Å². The van der Waals surface area contributed by atoms with Gasteiger partial charge in [0.1, 0.15) is 11.5 Å². The number of hydrogen-bond donors (Lipinski definition) is 0. The summed E-state index contributed by atoms with van der Waals surface area (Å²) in [5.41, 5.74) is 4.69. The molecule has 3 atom stereocenters. The van der Waals surface area contributed by atoms with Gasteiger partial charge in [-0.3, -0.25) is 14.5 Å². The van der Waals surface area contributed by atoms with Crippen LogP contribution in [0.25, 0.3) is 22.4 Å². The SMILES string of the molecule is Cn1cc(-c2ccnc3c2C(=O)N([C@@H]2[C@@H]4COC[C@@H]42)C3)c(-c2ccc(F)cc2)n1. The van der Waals surface area contributed by atoms with Crippen molar-refractivity contribution in [1.82, 2.24) is 19.7 Å². The fourth-order valence-corrected chi connectivity index (χ4v) is 4.88. The van der Waals surface area contributed by atoms with Crippen molar-refractivity contribution in [2.45, 2.75) is 12.6 Å². The van der Waals surface area contributed by atoms with E-state index in [2.05, 4.69) is 10.1 Å². The topological polar surface area (TPSA) is 60.2 Å². The molecule has 1 amide bonds. The van der Waals surface area contributed by atoms with Crippen LogP contribution < -0.4 is 0 Å². The number of carbonyl (C=O) groups excluding carboxylic acids is 1. The molecule has 1 saturated carbocycles. The van der Waals surface area contributed by atoms with E-state index in [4.69, 9.17) is 4.74 Å². The smallest absolute Gasteiger partial charge is 0.257 e. The summed E-state index contributed by atoms with van der Waals surface area (Å²) in [4.78, 5) is 19.8. The van der Waals surface area contributed by atoms with Crippen LogP contribution in [0.5, 0.6) is 0 Å². The van der Waals surface area contributed by atoms with Crippen molar-refractivity contribution < 1.29 is 13.9 Å². The van der Waals surface area contributed by atoms with Crippen molar-refractivity contribution in [2.24, 2.45) is 18.9 Å². The van der Waals surface area contributed by atoms with E-state index in [1.54, 1.807) is 23.0 Å². The average molecular weight is 390 g/mol. The van der Waals surface area contributed by atoms with Crippen molar-refractivity contribution >= 4 is 5.91 Å². The summed E-state index contributed by atoms with van der Waals surface area (Å²) in [6.07, 6.45) is 3.66. The Hall–Kier alpha value is -3.06. The number of hydrogen-bond acceptors (Lipinski definition) is 4. The van der Waals surface area contributed by atoms with Gasteiger partial charge in [-0.05, 0) is 30.3 Å². The Labute approximate surface area is 166 Å². The summed E-state index contributed by atoms with van der Waals surface area (Å²) >= 11 is 0. The molecule has 2 aliphatic heterocycles. The highest BCUT2D eigenvalue weighted by Crippen LogP contribution is 2.50. The Morgan fingerprint density at radius 2 is 1.86 bits per heavy atom. The average Bonchev–Trinajstić information content (AvgIpc) is 3.10. The first-order valence-electron chi connectivity index (χ1n) is 9.78. The van der Waals surface area contributed by atoms with Gasteiger partial charge in [-0.15, -0.1) is 0 Å². The van der Waals surface area contributed by atoms with E-state index in [0.29, 0.717) is 23.9 Å². The number of amides is 1. The Morgan fingerprint density at radius 3 is 2.62 bits per heavy atom. The number of aromatic nitrogens is 3. The molecule has 2 aromatic heterocycles. The number of ether oxygens (including phenoxy) is 1. The quantitative estimate of drug-likeness (QED) is 0.690. The van der Waals surface area contributed by atoms with Gasteiger partial charge in [-0.2, -0.15) is 5.10 Å². The molecular formula is C22H19FN4O2. The largest absolute Gasteiger partial charge is 0.381 e. The van der Waals surface area contributed by atoms with E-state index >= 15 is 0 Å². The number of rotatable bonds is 3. The van der Waals surface area contributed by atoms with Gasteiger partial charge < -0.3 is 9.64 Å². The van der Waals surface area contributed by atoms with Crippen molar-refractivity contribution in [1.29, 1.82) is 0 Å². The summed E-state index contributed by atoms with van der Waals surface area (Å²) in [7, 11) is 1.84. The summed E-state index contributed by atoms with van der Waals surface area (Å²) in [5, 5.41) is 4.58. The first kappa shape index (κ1) is 16.9. The normalized spacial score (nSPS) is 24.7. The van der Waals surface area contributed by atoms with Crippen LogP contribution >= 0.6 is 0 Å². The molecule has 6 nitrogen and oxygen atoms in total. The predicted octanol–water partition coefficient (Wildman–Crippen LogP) is 2.89. The van der Waals surface area contributed by atoms with Crippen LogP contribution in [0, 0.1) is 17.7 Å². The zero-order valence-corrected chi connectivity index (χ0v) is 15.9. The number of pyridine rings is 1. The second-order valence-corrected chi connectivity index (χ2v) is 8.04. The van der Waals surface area contributed by atoms with Crippen LogP contribution in [0.1, 0.15) is 16.1 Å². The number of aryl methyl sites for hydroxylation is 1. The third kappa shape index (κ3) is 2.47. The lowest BCUT2D eigenvalue weighted by Crippen LogP contribution is -2.30. The van der Waals surface area contributed by atoms with Crippen molar-refractivity contribution in [3.63, 3.8) is 0 Å². The lowest BCUT2D eigenvalue weighted by Gasteiger charge is -2.18. The van der Waals surface area contributed by atoms with Gasteiger partial charge in [0.2, 0.25) is 0 Å². The van der Waals surface area contributed by atoms with E-state index in [-0.39, 0.29) is 17.8 Å². The summed E-state index contributed by atoms with van der Waals surface area (Å²) in [6, 6.07) is 8.41. The molecule has 0 spiro atoms. The van der Waals surface area contributed by atoms with Gasteiger partial charge in [0, 0.05) is 54.0 Å². The molecule has 1 aliphatic carbocycles. The molecule has 146 valence electrons. The van der Waals surface area contributed by atoms with Crippen LogP contribution in [0.2, 0.25) is 0 Å². The lowest BCUT2D eigenvalue weighted by molar-refractivity contribution is 0.0687. The van der Waals surface area contributed by atoms with E-state index < -0.39 is 0 Å². The third-order valence-electron chi connectivity index (χ3n) is 6.33. The Morgan fingerprint density at radius 1 is 1.10 bits per heavy atom. The molecule has 6 rings (SSSR count). The highest BCUT2D eigenvalue weighted by molar-refractivity contribution is 6.05. The summed E-state index contributed by atoms with van der Waals surface area (Å²) in [6.45, 7) is 2.03. The highest BCUT2D eigenvalue weighted by atomic mass is 19.1. The lowest BCUT2D eigenvalue weighted by atomic mass is 9.97. The number of carbonyl (C=O) groups is 1. The Bertz CT molecular complexity index is 1130. The highest BCUT2D eigenvalue weighted by Gasteiger charge is 2.59. The third-order valence-corrected chi connectivity index (χ3v) is 6.33. The Balaban J connectivity index is 1.43. The van der Waals surface area contributed by atoms with Gasteiger partial charge in [0.05, 0.1) is 31.0 Å². The summed E-state index contributed by atoms with van der Waals surface area (Å²) in [5.74, 6) is 0.673. The van der Waals surface area contributed by atoms with Crippen LogP contribution in [-0.2, 0) is 18.3 Å². The molecule has 0 N–H and O–H groups in total. The molecule has 3 aliphatic rings. The predicted molar refractivity (Wildman–Crippen MR) is 103 cm³/mol. The van der Waals surface area contributed by atoms with E-state index in [9.17, 15) is 9.18 Å². The number of halogens is 1. The molecule has 1 saturated heterocycles. The van der Waals surface area contributed by atoms with E-state index in [1.165, 1.54) is 12.1 Å². The standard InChI is InChI=1S/C22H19FN4O2/c1-26-8-15(20(25-26)12-2-4-13(23)5-3-12)14-6-7-24-18-9-27(22(28)19(14)18)21-16-10-29-11-17(16)21/h2-8,16-17,21H,9-11H2,1H3/t16-,17+,21-. The van der Waals surface area contributed by atoms with Crippen molar-refractivity contribution in [3.05, 3.63) is 59.8 Å². The van der Waals surface area contributed by atoms with Gasteiger partial charge in [-0.1, -0.05) is 0 Å². The van der Waals surface area contributed by atoms with E-state index in [0.717, 1.165) is 41.3 Å². The van der Waals surface area contributed by atoms with Crippen LogP contribution in [-0.4, -0.2) is 44.8 Å². The van der Waals surface area contributed by atoms with Gasteiger partial charge >= 0.3 is 0 Å². The van der Waals surface area contributed by atoms with Crippen LogP contribution in [0.3, 0.4) is 0 Å². The first-order chi connectivity index (χ1) is 14.1. The number of nitrogens with zero attached hydrogens (tertiary/aromatic N) is 4. The zero-order chi connectivity index (χ0) is 19.7. The maximum atomic E-state index is 13.4. The van der Waals surface area contributed by atoms with Crippen molar-refractivity contribution in [2.75, 3.05) is 13.2 Å². The second kappa shape index (κ2) is 5.97. The second-order valence-electron chi connectivity index (χ2n) is 8.04. The monoisotopic (exact) mass is 390 g/mol. The fourth-order valence-electron chi connectivity index (χ4n) is 4.88. The molecule has 4 heterocycles. The maximum Gasteiger partial charge on any atom is 0.257 e. The Kier molecular flexibility index (Phi) is 3.47. The summed E-state index contributed by atoms with van der Waals surface area (Å²) < 4.78 is 20.6. The molecule has 3 aromatic rings. The first-order valence-corrected chi connectivity index (χ1v) is 9.78. The number of fused-ring (bicyclic) bond motifs is 2.